The maximum Gasteiger partial charge on any atom is 0.156 e. The number of benzene rings is 1. The molecule has 0 N–H and O–H groups in total. The highest BCUT2D eigenvalue weighted by Crippen LogP contribution is 2.65. The fraction of sp³-hybridized carbons (Fsp3) is 0.552. The molecule has 2 fully saturated rings. The largest absolute Gasteiger partial charge is 0.378 e. The molecular weight excluding hydrogens is 440 g/mol. The number of anilines is 1. The van der Waals surface area contributed by atoms with Gasteiger partial charge in [-0.1, -0.05) is 24.6 Å². The Hall–Kier alpha value is -2.32. The molecule has 34 heavy (non-hydrogen) atoms. The van der Waals surface area contributed by atoms with E-state index in [1.807, 2.05) is 6.08 Å². The smallest absolute Gasteiger partial charge is 0.156 e. The van der Waals surface area contributed by atoms with Crippen molar-refractivity contribution < 1.29 is 9.59 Å². The zero-order valence-electron chi connectivity index (χ0n) is 20.5. The second kappa shape index (κ2) is 9.04. The number of fused-ring (bicyclic) bond motifs is 4. The molecule has 2 saturated carbocycles. The maximum atomic E-state index is 13.2. The number of rotatable bonds is 5. The summed E-state index contributed by atoms with van der Waals surface area (Å²) >= 11 is 1.08. The van der Waals surface area contributed by atoms with Crippen molar-refractivity contribution in [1.82, 2.24) is 0 Å². The zero-order valence-corrected chi connectivity index (χ0v) is 21.3. The van der Waals surface area contributed by atoms with Crippen molar-refractivity contribution in [3.8, 4) is 5.40 Å². The lowest BCUT2D eigenvalue weighted by Crippen LogP contribution is -2.45. The normalized spacial score (nSPS) is 32.3. The number of thioether (sulfide) groups is 1. The molecule has 178 valence electrons. The Kier molecular flexibility index (Phi) is 6.23. The molecule has 0 spiro atoms. The molecule has 0 saturated heterocycles. The number of ketones is 2. The number of hydrogen-bond donors (Lipinski definition) is 0. The Balaban J connectivity index is 1.60. The number of hydrogen-bond acceptors (Lipinski definition) is 5. The van der Waals surface area contributed by atoms with Gasteiger partial charge < -0.3 is 4.90 Å². The van der Waals surface area contributed by atoms with Crippen LogP contribution in [0.2, 0.25) is 0 Å². The highest BCUT2D eigenvalue weighted by atomic mass is 32.2. The minimum atomic E-state index is -0.0432. The summed E-state index contributed by atoms with van der Waals surface area (Å²) in [5.74, 6) is 2.15. The lowest BCUT2D eigenvalue weighted by Gasteiger charge is -2.52. The van der Waals surface area contributed by atoms with E-state index in [0.717, 1.165) is 50.3 Å². The Morgan fingerprint density at radius 1 is 1.15 bits per heavy atom. The molecule has 4 aliphatic carbocycles. The van der Waals surface area contributed by atoms with Crippen LogP contribution < -0.4 is 4.90 Å². The van der Waals surface area contributed by atoms with Gasteiger partial charge in [0.2, 0.25) is 0 Å². The first-order chi connectivity index (χ1) is 16.3. The molecule has 5 heteroatoms. The molecule has 0 amide bonds. The monoisotopic (exact) mass is 474 g/mol. The van der Waals surface area contributed by atoms with Crippen LogP contribution in [0.4, 0.5) is 5.69 Å². The molecule has 1 aromatic carbocycles. The van der Waals surface area contributed by atoms with Gasteiger partial charge in [0.25, 0.3) is 0 Å². The molecule has 0 aromatic heterocycles. The van der Waals surface area contributed by atoms with E-state index in [-0.39, 0.29) is 28.8 Å². The highest BCUT2D eigenvalue weighted by Gasteiger charge is 2.58. The number of carbonyl (C=O) groups is 2. The molecule has 0 aliphatic heterocycles. The molecule has 0 heterocycles. The van der Waals surface area contributed by atoms with E-state index in [1.54, 1.807) is 5.57 Å². The predicted molar refractivity (Wildman–Crippen MR) is 138 cm³/mol. The third kappa shape index (κ3) is 3.85. The molecule has 4 nitrogen and oxygen atoms in total. The third-order valence-corrected chi connectivity index (χ3v) is 9.77. The van der Waals surface area contributed by atoms with Gasteiger partial charge in [-0.25, -0.2) is 0 Å². The van der Waals surface area contributed by atoms with Crippen molar-refractivity contribution in [2.45, 2.75) is 57.8 Å². The van der Waals surface area contributed by atoms with E-state index in [4.69, 9.17) is 5.26 Å². The Labute approximate surface area is 207 Å². The van der Waals surface area contributed by atoms with Crippen LogP contribution >= 0.6 is 11.8 Å². The summed E-state index contributed by atoms with van der Waals surface area (Å²) in [4.78, 5) is 27.5. The van der Waals surface area contributed by atoms with Crippen LogP contribution in [-0.2, 0) is 9.59 Å². The van der Waals surface area contributed by atoms with Crippen LogP contribution in [0, 0.1) is 33.8 Å². The van der Waals surface area contributed by atoms with Gasteiger partial charge in [0, 0.05) is 38.0 Å². The van der Waals surface area contributed by atoms with Crippen molar-refractivity contribution >= 4 is 29.0 Å². The van der Waals surface area contributed by atoms with Gasteiger partial charge in [0.15, 0.2) is 5.78 Å². The van der Waals surface area contributed by atoms with Crippen molar-refractivity contribution in [2.75, 3.05) is 24.7 Å². The summed E-state index contributed by atoms with van der Waals surface area (Å²) in [6, 6.07) is 8.96. The third-order valence-electron chi connectivity index (χ3n) is 9.21. The minimum absolute atomic E-state index is 0.0401. The number of carbonyl (C=O) groups excluding carboxylic acids is 2. The van der Waals surface area contributed by atoms with Gasteiger partial charge in [0.05, 0.1) is 5.75 Å². The molecule has 0 bridgehead atoms. The Morgan fingerprint density at radius 2 is 1.91 bits per heavy atom. The lowest BCUT2D eigenvalue weighted by atomic mass is 9.51. The Bertz CT molecular complexity index is 1110. The molecule has 0 radical (unpaired) electrons. The summed E-state index contributed by atoms with van der Waals surface area (Å²) in [5.41, 5.74) is 6.78. The summed E-state index contributed by atoms with van der Waals surface area (Å²) in [7, 11) is 4.13. The van der Waals surface area contributed by atoms with Crippen LogP contribution in [0.15, 0.2) is 47.1 Å². The van der Waals surface area contributed by atoms with E-state index in [9.17, 15) is 9.59 Å². The summed E-state index contributed by atoms with van der Waals surface area (Å²) in [5, 5.41) is 11.1. The summed E-state index contributed by atoms with van der Waals surface area (Å²) in [6.45, 7) is 2.36. The quantitative estimate of drug-likeness (QED) is 0.486. The van der Waals surface area contributed by atoms with Crippen LogP contribution in [0.3, 0.4) is 0 Å². The highest BCUT2D eigenvalue weighted by molar-refractivity contribution is 8.04. The fourth-order valence-corrected chi connectivity index (χ4v) is 8.10. The molecular formula is C29H34N2O2S. The number of nitrogens with zero attached hydrogens (tertiary/aromatic N) is 2. The molecule has 5 unspecified atom stereocenters. The van der Waals surface area contributed by atoms with E-state index in [2.05, 4.69) is 55.6 Å². The lowest BCUT2D eigenvalue weighted by molar-refractivity contribution is -0.124. The maximum absolute atomic E-state index is 13.2. The van der Waals surface area contributed by atoms with Gasteiger partial charge in [0.1, 0.15) is 11.2 Å². The van der Waals surface area contributed by atoms with Crippen molar-refractivity contribution in [3.63, 3.8) is 0 Å². The van der Waals surface area contributed by atoms with Crippen LogP contribution in [-0.4, -0.2) is 31.4 Å². The van der Waals surface area contributed by atoms with Gasteiger partial charge in [-0.15, -0.1) is 0 Å². The number of allylic oxidation sites excluding steroid dienone is 4. The van der Waals surface area contributed by atoms with Crippen LogP contribution in [0.25, 0.3) is 0 Å². The first kappa shape index (κ1) is 23.4. The summed E-state index contributed by atoms with van der Waals surface area (Å²) in [6.07, 6.45) is 8.48. The average molecular weight is 475 g/mol. The van der Waals surface area contributed by atoms with E-state index in [0.29, 0.717) is 24.0 Å². The molecule has 5 atom stereocenters. The van der Waals surface area contributed by atoms with Gasteiger partial charge in [-0.2, -0.15) is 5.26 Å². The van der Waals surface area contributed by atoms with Crippen molar-refractivity contribution in [1.29, 1.82) is 5.26 Å². The number of nitriles is 1. The Morgan fingerprint density at radius 3 is 2.62 bits per heavy atom. The van der Waals surface area contributed by atoms with Gasteiger partial charge >= 0.3 is 0 Å². The molecule has 1 aromatic rings. The second-order valence-corrected chi connectivity index (χ2v) is 11.8. The fourth-order valence-electron chi connectivity index (χ4n) is 7.70. The van der Waals surface area contributed by atoms with Crippen molar-refractivity contribution in [3.05, 3.63) is 52.6 Å². The topological polar surface area (TPSA) is 61.2 Å². The van der Waals surface area contributed by atoms with Gasteiger partial charge in [-0.3, -0.25) is 9.59 Å². The number of Topliss-reactive ketones (excluding diaryl/α,β-unsaturated/α-hetero) is 1. The minimum Gasteiger partial charge on any atom is -0.378 e. The predicted octanol–water partition coefficient (Wildman–Crippen LogP) is 6.05. The second-order valence-electron chi connectivity index (χ2n) is 11.0. The first-order valence-electron chi connectivity index (χ1n) is 12.6. The molecule has 5 rings (SSSR count). The SMILES string of the molecule is CN(C)c1ccc(C2CC3(C)C(C(=O)CSC#N)CCC3C3CCC4=CC(=O)CCC4=C23)cc1. The standard InChI is InChI=1S/C29H34N2O2S/c1-29-15-24(18-4-7-20(8-5-18)31(2)3)28-22-11-9-21(32)14-19(22)6-10-23(28)25(29)12-13-26(29)27(33)16-34-17-30/h4-5,7-8,14,23-26H,6,9-13,15-16H2,1-3H3. The van der Waals surface area contributed by atoms with E-state index < -0.39 is 0 Å². The van der Waals surface area contributed by atoms with Crippen LogP contribution in [0.5, 0.6) is 0 Å². The average Bonchev–Trinajstić information content (AvgIpc) is 3.18. The van der Waals surface area contributed by atoms with E-state index >= 15 is 0 Å². The summed E-state index contributed by atoms with van der Waals surface area (Å²) < 4.78 is 0. The van der Waals surface area contributed by atoms with Crippen LogP contribution in [0.1, 0.15) is 63.4 Å². The van der Waals surface area contributed by atoms with Gasteiger partial charge in [-0.05, 0) is 102 Å². The zero-order chi connectivity index (χ0) is 24.0. The van der Waals surface area contributed by atoms with Crippen molar-refractivity contribution in [2.24, 2.45) is 23.2 Å². The van der Waals surface area contributed by atoms with E-state index in [1.165, 1.54) is 22.4 Å². The first-order valence-corrected chi connectivity index (χ1v) is 13.6. The molecule has 4 aliphatic rings. The number of thiocyanates is 1.